The number of aliphatic hydroxyl groups excluding tert-OH is 2. The van der Waals surface area contributed by atoms with E-state index in [0.717, 1.165) is 11.4 Å². The fourth-order valence-corrected chi connectivity index (χ4v) is 2.53. The van der Waals surface area contributed by atoms with Gasteiger partial charge in [-0.15, -0.1) is 11.3 Å². The number of thiophene rings is 1. The highest BCUT2D eigenvalue weighted by Crippen LogP contribution is 2.19. The third-order valence-corrected chi connectivity index (χ3v) is 3.55. The molecule has 0 aliphatic rings. The molecular weight excluding hydrogens is 236 g/mol. The zero-order valence-corrected chi connectivity index (χ0v) is 11.0. The fourth-order valence-electron chi connectivity index (χ4n) is 1.65. The van der Waals surface area contributed by atoms with Crippen molar-refractivity contribution < 1.29 is 10.2 Å². The Labute approximate surface area is 106 Å². The first-order valence-corrected chi connectivity index (χ1v) is 6.29. The van der Waals surface area contributed by atoms with Gasteiger partial charge in [-0.3, -0.25) is 0 Å². The minimum Gasteiger partial charge on any atom is -0.396 e. The van der Waals surface area contributed by atoms with Crippen molar-refractivity contribution in [3.05, 3.63) is 21.9 Å². The van der Waals surface area contributed by atoms with Gasteiger partial charge in [0, 0.05) is 28.8 Å². The molecule has 1 aromatic rings. The Morgan fingerprint density at radius 3 is 2.59 bits per heavy atom. The van der Waals surface area contributed by atoms with Crippen LogP contribution in [0.4, 0.5) is 0 Å². The van der Waals surface area contributed by atoms with Gasteiger partial charge < -0.3 is 15.1 Å². The van der Waals surface area contributed by atoms with E-state index in [1.54, 1.807) is 11.3 Å². The molecule has 17 heavy (non-hydrogen) atoms. The standard InChI is InChI=1S/C12H18N2O2S/c1-12(8-15,9-16)7-14(2)5-11-3-10(4-13)6-17-11/h3,6,15-16H,5,7-9H2,1-2H3. The van der Waals surface area contributed by atoms with Crippen LogP contribution in [0.15, 0.2) is 11.4 Å². The van der Waals surface area contributed by atoms with Crippen molar-refractivity contribution in [1.29, 1.82) is 5.26 Å². The van der Waals surface area contributed by atoms with Crippen molar-refractivity contribution in [3.63, 3.8) is 0 Å². The van der Waals surface area contributed by atoms with E-state index >= 15 is 0 Å². The summed E-state index contributed by atoms with van der Waals surface area (Å²) in [5.41, 5.74) is 0.204. The van der Waals surface area contributed by atoms with E-state index in [2.05, 4.69) is 6.07 Å². The lowest BCUT2D eigenvalue weighted by Gasteiger charge is -2.30. The second-order valence-corrected chi connectivity index (χ2v) is 5.71. The van der Waals surface area contributed by atoms with Crippen molar-refractivity contribution in [2.75, 3.05) is 26.8 Å². The lowest BCUT2D eigenvalue weighted by atomic mass is 9.92. The smallest absolute Gasteiger partial charge is 0.100 e. The highest BCUT2D eigenvalue weighted by Gasteiger charge is 2.24. The van der Waals surface area contributed by atoms with Crippen molar-refractivity contribution >= 4 is 11.3 Å². The molecule has 1 rings (SSSR count). The van der Waals surface area contributed by atoms with Gasteiger partial charge in [-0.2, -0.15) is 5.26 Å². The second-order valence-electron chi connectivity index (χ2n) is 4.71. The molecule has 0 aromatic carbocycles. The Balaban J connectivity index is 2.55. The Kier molecular flexibility index (Phi) is 5.09. The molecule has 0 radical (unpaired) electrons. The minimum absolute atomic E-state index is 0.0400. The molecule has 2 N–H and O–H groups in total. The maximum absolute atomic E-state index is 9.22. The van der Waals surface area contributed by atoms with Crippen LogP contribution in [0.3, 0.4) is 0 Å². The highest BCUT2D eigenvalue weighted by atomic mass is 32.1. The van der Waals surface area contributed by atoms with Gasteiger partial charge in [0.1, 0.15) is 6.07 Å². The molecule has 0 amide bonds. The predicted molar refractivity (Wildman–Crippen MR) is 67.6 cm³/mol. The third-order valence-electron chi connectivity index (χ3n) is 2.62. The van der Waals surface area contributed by atoms with E-state index in [-0.39, 0.29) is 13.2 Å². The molecule has 94 valence electrons. The van der Waals surface area contributed by atoms with E-state index in [1.165, 1.54) is 0 Å². The first kappa shape index (κ1) is 14.1. The summed E-state index contributed by atoms with van der Waals surface area (Å²) in [6, 6.07) is 3.97. The van der Waals surface area contributed by atoms with Crippen molar-refractivity contribution in [3.8, 4) is 6.07 Å². The second kappa shape index (κ2) is 6.12. The molecule has 1 aromatic heterocycles. The van der Waals surface area contributed by atoms with Crippen molar-refractivity contribution in [2.24, 2.45) is 5.41 Å². The average Bonchev–Trinajstić information content (AvgIpc) is 2.76. The third kappa shape index (κ3) is 4.10. The summed E-state index contributed by atoms with van der Waals surface area (Å²) in [6.45, 7) is 3.10. The van der Waals surface area contributed by atoms with Crippen LogP contribution in [0.2, 0.25) is 0 Å². The zero-order valence-electron chi connectivity index (χ0n) is 10.2. The van der Waals surface area contributed by atoms with Crippen LogP contribution < -0.4 is 0 Å². The van der Waals surface area contributed by atoms with Crippen LogP contribution in [0.1, 0.15) is 17.4 Å². The van der Waals surface area contributed by atoms with E-state index in [1.807, 2.05) is 30.3 Å². The Hall–Kier alpha value is -0.930. The Bertz CT molecular complexity index is 393. The number of aliphatic hydroxyl groups is 2. The van der Waals surface area contributed by atoms with Gasteiger partial charge in [-0.1, -0.05) is 6.92 Å². The lowest BCUT2D eigenvalue weighted by Crippen LogP contribution is -2.38. The molecule has 0 bridgehead atoms. The van der Waals surface area contributed by atoms with E-state index in [0.29, 0.717) is 12.1 Å². The molecule has 0 fully saturated rings. The van der Waals surface area contributed by atoms with Crippen LogP contribution >= 0.6 is 11.3 Å². The normalized spacial score (nSPS) is 11.8. The Morgan fingerprint density at radius 1 is 1.47 bits per heavy atom. The maximum Gasteiger partial charge on any atom is 0.100 e. The van der Waals surface area contributed by atoms with Gasteiger partial charge in [0.2, 0.25) is 0 Å². The molecule has 0 saturated heterocycles. The number of nitriles is 1. The number of nitrogens with zero attached hydrogens (tertiary/aromatic N) is 2. The summed E-state index contributed by atoms with van der Waals surface area (Å²) in [7, 11) is 1.94. The van der Waals surface area contributed by atoms with Gasteiger partial charge in [-0.05, 0) is 13.1 Å². The van der Waals surface area contributed by atoms with Crippen molar-refractivity contribution in [1.82, 2.24) is 4.90 Å². The molecule has 0 aliphatic carbocycles. The van der Waals surface area contributed by atoms with Crippen molar-refractivity contribution in [2.45, 2.75) is 13.5 Å². The minimum atomic E-state index is -0.482. The molecule has 1 heterocycles. The van der Waals surface area contributed by atoms with Gasteiger partial charge >= 0.3 is 0 Å². The SMILES string of the molecule is CN(Cc1cc(C#N)cs1)CC(C)(CO)CO. The molecule has 0 spiro atoms. The lowest BCUT2D eigenvalue weighted by molar-refractivity contribution is 0.0404. The van der Waals surface area contributed by atoms with Gasteiger partial charge in [0.05, 0.1) is 18.8 Å². The monoisotopic (exact) mass is 254 g/mol. The molecular formula is C12H18N2O2S. The highest BCUT2D eigenvalue weighted by molar-refractivity contribution is 7.10. The first-order valence-electron chi connectivity index (χ1n) is 5.41. The number of hydrogen-bond acceptors (Lipinski definition) is 5. The Morgan fingerprint density at radius 2 is 2.12 bits per heavy atom. The topological polar surface area (TPSA) is 67.5 Å². The first-order chi connectivity index (χ1) is 8.03. The molecule has 0 aliphatic heterocycles. The summed E-state index contributed by atoms with van der Waals surface area (Å²) < 4.78 is 0. The van der Waals surface area contributed by atoms with E-state index in [4.69, 9.17) is 5.26 Å². The zero-order chi connectivity index (χ0) is 12.9. The molecule has 4 nitrogen and oxygen atoms in total. The van der Waals surface area contributed by atoms with Crippen LogP contribution in [-0.4, -0.2) is 41.9 Å². The quantitative estimate of drug-likeness (QED) is 0.796. The van der Waals surface area contributed by atoms with Gasteiger partial charge in [0.25, 0.3) is 0 Å². The predicted octanol–water partition coefficient (Wildman–Crippen LogP) is 1.04. The summed E-state index contributed by atoms with van der Waals surface area (Å²) >= 11 is 1.55. The molecule has 5 heteroatoms. The van der Waals surface area contributed by atoms with Crippen LogP contribution in [0.5, 0.6) is 0 Å². The summed E-state index contributed by atoms with van der Waals surface area (Å²) in [6.07, 6.45) is 0. The molecule has 0 unspecified atom stereocenters. The fraction of sp³-hybridized carbons (Fsp3) is 0.583. The maximum atomic E-state index is 9.22. The van der Waals surface area contributed by atoms with Crippen LogP contribution in [0, 0.1) is 16.7 Å². The molecule has 0 atom stereocenters. The largest absolute Gasteiger partial charge is 0.396 e. The van der Waals surface area contributed by atoms with E-state index < -0.39 is 5.41 Å². The summed E-state index contributed by atoms with van der Waals surface area (Å²) in [5, 5.41) is 29.0. The van der Waals surface area contributed by atoms with Crippen LogP contribution in [-0.2, 0) is 6.54 Å². The summed E-state index contributed by atoms with van der Waals surface area (Å²) in [5.74, 6) is 0. The van der Waals surface area contributed by atoms with Gasteiger partial charge in [0.15, 0.2) is 0 Å². The van der Waals surface area contributed by atoms with Gasteiger partial charge in [-0.25, -0.2) is 0 Å². The average molecular weight is 254 g/mol. The van der Waals surface area contributed by atoms with Crippen LogP contribution in [0.25, 0.3) is 0 Å². The van der Waals surface area contributed by atoms with E-state index in [9.17, 15) is 10.2 Å². The molecule has 0 saturated carbocycles. The number of hydrogen-bond donors (Lipinski definition) is 2. The number of rotatable bonds is 6. The summed E-state index contributed by atoms with van der Waals surface area (Å²) in [4.78, 5) is 3.15.